The number of hydrogen-bond acceptors (Lipinski definition) is 3. The Morgan fingerprint density at radius 3 is 3.38 bits per heavy atom. The maximum atomic E-state index is 9.86. The maximum absolute atomic E-state index is 9.86. The molecule has 0 amide bonds. The van der Waals surface area contributed by atoms with Gasteiger partial charge in [0, 0.05) is 5.92 Å². The number of rotatable bonds is 0. The molecule has 3 rings (SSSR count). The number of hydrogen-bond donors (Lipinski definition) is 1. The SMILES string of the molecule is OC1CC=CC2ON=C3CCC1C32. The molecule has 4 atom stereocenters. The molecule has 1 N–H and O–H groups in total. The van der Waals surface area contributed by atoms with Crippen molar-refractivity contribution in [3.63, 3.8) is 0 Å². The molecule has 1 aliphatic heterocycles. The number of nitrogens with zero attached hydrogens (tertiary/aromatic N) is 1. The summed E-state index contributed by atoms with van der Waals surface area (Å²) in [6, 6.07) is 0. The summed E-state index contributed by atoms with van der Waals surface area (Å²) in [5, 5.41) is 13.9. The summed E-state index contributed by atoms with van der Waals surface area (Å²) >= 11 is 0. The molecule has 0 saturated heterocycles. The van der Waals surface area contributed by atoms with Crippen molar-refractivity contribution in [1.29, 1.82) is 0 Å². The van der Waals surface area contributed by atoms with Gasteiger partial charge in [0.05, 0.1) is 11.8 Å². The van der Waals surface area contributed by atoms with Crippen molar-refractivity contribution < 1.29 is 9.94 Å². The average Bonchev–Trinajstić information content (AvgIpc) is 2.63. The topological polar surface area (TPSA) is 41.8 Å². The van der Waals surface area contributed by atoms with Crippen LogP contribution in [0.1, 0.15) is 19.3 Å². The van der Waals surface area contributed by atoms with Crippen molar-refractivity contribution in [2.45, 2.75) is 31.5 Å². The molecule has 1 heterocycles. The van der Waals surface area contributed by atoms with E-state index in [1.165, 1.54) is 5.71 Å². The summed E-state index contributed by atoms with van der Waals surface area (Å²) in [5.74, 6) is 0.745. The zero-order chi connectivity index (χ0) is 8.84. The van der Waals surface area contributed by atoms with Gasteiger partial charge in [-0.3, -0.25) is 0 Å². The fourth-order valence-corrected chi connectivity index (χ4v) is 2.76. The van der Waals surface area contributed by atoms with Crippen molar-refractivity contribution in [3.05, 3.63) is 12.2 Å². The Morgan fingerprint density at radius 2 is 2.46 bits per heavy atom. The first-order valence-electron chi connectivity index (χ1n) is 4.93. The molecular weight excluding hydrogens is 166 g/mol. The predicted molar refractivity (Wildman–Crippen MR) is 48.3 cm³/mol. The van der Waals surface area contributed by atoms with Crippen LogP contribution in [0, 0.1) is 11.8 Å². The summed E-state index contributed by atoms with van der Waals surface area (Å²) in [5.41, 5.74) is 1.17. The molecule has 70 valence electrons. The molecule has 0 radical (unpaired) electrons. The molecule has 3 heteroatoms. The molecule has 0 aromatic carbocycles. The van der Waals surface area contributed by atoms with Crippen LogP contribution in [-0.2, 0) is 4.84 Å². The van der Waals surface area contributed by atoms with Gasteiger partial charge in [-0.25, -0.2) is 0 Å². The van der Waals surface area contributed by atoms with Crippen LogP contribution in [0.15, 0.2) is 17.3 Å². The van der Waals surface area contributed by atoms with Gasteiger partial charge in [-0.1, -0.05) is 11.2 Å². The van der Waals surface area contributed by atoms with E-state index in [4.69, 9.17) is 4.84 Å². The van der Waals surface area contributed by atoms with Gasteiger partial charge in [0.1, 0.15) is 0 Å². The highest BCUT2D eigenvalue weighted by molar-refractivity contribution is 5.90. The lowest BCUT2D eigenvalue weighted by Crippen LogP contribution is -2.29. The lowest BCUT2D eigenvalue weighted by molar-refractivity contribution is 0.0438. The molecule has 0 bridgehead atoms. The lowest BCUT2D eigenvalue weighted by Gasteiger charge is -2.21. The minimum atomic E-state index is -0.194. The van der Waals surface area contributed by atoms with Gasteiger partial charge in [-0.2, -0.15) is 0 Å². The molecule has 3 aliphatic rings. The normalized spacial score (nSPS) is 46.7. The second-order valence-electron chi connectivity index (χ2n) is 4.11. The van der Waals surface area contributed by atoms with Gasteiger partial charge >= 0.3 is 0 Å². The summed E-state index contributed by atoms with van der Waals surface area (Å²) in [4.78, 5) is 5.31. The van der Waals surface area contributed by atoms with Gasteiger partial charge in [-0.05, 0) is 31.3 Å². The molecule has 0 aromatic rings. The summed E-state index contributed by atoms with van der Waals surface area (Å²) in [6.45, 7) is 0. The van der Waals surface area contributed by atoms with Crippen LogP contribution in [0.2, 0.25) is 0 Å². The quantitative estimate of drug-likeness (QED) is 0.565. The van der Waals surface area contributed by atoms with Crippen LogP contribution in [0.3, 0.4) is 0 Å². The van der Waals surface area contributed by atoms with Gasteiger partial charge in [0.15, 0.2) is 6.10 Å². The molecule has 13 heavy (non-hydrogen) atoms. The van der Waals surface area contributed by atoms with Crippen LogP contribution in [0.4, 0.5) is 0 Å². The van der Waals surface area contributed by atoms with E-state index < -0.39 is 0 Å². The largest absolute Gasteiger partial charge is 0.392 e. The molecule has 3 nitrogen and oxygen atoms in total. The molecule has 0 aromatic heterocycles. The first-order valence-corrected chi connectivity index (χ1v) is 4.93. The lowest BCUT2D eigenvalue weighted by atomic mass is 9.87. The van der Waals surface area contributed by atoms with Gasteiger partial charge in [-0.15, -0.1) is 0 Å². The Kier molecular flexibility index (Phi) is 1.50. The Morgan fingerprint density at radius 1 is 1.54 bits per heavy atom. The van der Waals surface area contributed by atoms with Crippen molar-refractivity contribution >= 4 is 5.71 Å². The van der Waals surface area contributed by atoms with E-state index in [1.807, 2.05) is 6.08 Å². The molecule has 4 unspecified atom stereocenters. The second kappa shape index (κ2) is 2.58. The third-order valence-electron chi connectivity index (χ3n) is 3.42. The molecule has 1 saturated carbocycles. The zero-order valence-electron chi connectivity index (χ0n) is 7.39. The van der Waals surface area contributed by atoms with Crippen LogP contribution in [0.5, 0.6) is 0 Å². The first-order chi connectivity index (χ1) is 6.36. The fourth-order valence-electron chi connectivity index (χ4n) is 2.76. The Balaban J connectivity index is 1.98. The fraction of sp³-hybridized carbons (Fsp3) is 0.700. The van der Waals surface area contributed by atoms with Crippen molar-refractivity contribution in [1.82, 2.24) is 0 Å². The minimum Gasteiger partial charge on any atom is -0.392 e. The van der Waals surface area contributed by atoms with Crippen LogP contribution >= 0.6 is 0 Å². The monoisotopic (exact) mass is 179 g/mol. The van der Waals surface area contributed by atoms with E-state index in [9.17, 15) is 5.11 Å². The van der Waals surface area contributed by atoms with Crippen molar-refractivity contribution in [2.24, 2.45) is 17.0 Å². The third kappa shape index (κ3) is 0.967. The smallest absolute Gasteiger partial charge is 0.154 e. The van der Waals surface area contributed by atoms with Crippen molar-refractivity contribution in [3.8, 4) is 0 Å². The number of oxime groups is 1. The minimum absolute atomic E-state index is 0.111. The Hall–Kier alpha value is -0.830. The van der Waals surface area contributed by atoms with Crippen molar-refractivity contribution in [2.75, 3.05) is 0 Å². The summed E-state index contributed by atoms with van der Waals surface area (Å²) in [6.07, 6.45) is 6.85. The van der Waals surface area contributed by atoms with Gasteiger partial charge < -0.3 is 9.94 Å². The standard InChI is InChI=1S/C10H13NO2/c12-8-2-1-3-9-10-6(8)4-5-7(10)11-13-9/h1,3,6,8-10,12H,2,4-5H2. The first kappa shape index (κ1) is 7.56. The predicted octanol–water partition coefficient (Wildman–Crippen LogP) is 1.09. The van der Waals surface area contributed by atoms with Crippen LogP contribution < -0.4 is 0 Å². The third-order valence-corrected chi connectivity index (χ3v) is 3.42. The van der Waals surface area contributed by atoms with E-state index in [0.717, 1.165) is 19.3 Å². The molecule has 1 fully saturated rings. The van der Waals surface area contributed by atoms with Gasteiger partial charge in [0.25, 0.3) is 0 Å². The van der Waals surface area contributed by atoms with Crippen LogP contribution in [-0.4, -0.2) is 23.0 Å². The van der Waals surface area contributed by atoms with E-state index in [-0.39, 0.29) is 12.2 Å². The van der Waals surface area contributed by atoms with E-state index >= 15 is 0 Å². The highest BCUT2D eigenvalue weighted by Crippen LogP contribution is 2.42. The van der Waals surface area contributed by atoms with E-state index in [1.54, 1.807) is 0 Å². The number of aliphatic hydroxyl groups excluding tert-OH is 1. The summed E-state index contributed by atoms with van der Waals surface area (Å²) < 4.78 is 0. The Labute approximate surface area is 77.1 Å². The average molecular weight is 179 g/mol. The molecule has 2 aliphatic carbocycles. The van der Waals surface area contributed by atoms with E-state index in [2.05, 4.69) is 11.2 Å². The number of aliphatic hydroxyl groups is 1. The van der Waals surface area contributed by atoms with E-state index in [0.29, 0.717) is 11.8 Å². The van der Waals surface area contributed by atoms with Crippen LogP contribution in [0.25, 0.3) is 0 Å². The highest BCUT2D eigenvalue weighted by Gasteiger charge is 2.46. The molecular formula is C10H13NO2. The summed E-state index contributed by atoms with van der Waals surface area (Å²) in [7, 11) is 0. The van der Waals surface area contributed by atoms with Gasteiger partial charge in [0.2, 0.25) is 0 Å². The second-order valence-corrected chi connectivity index (χ2v) is 4.11. The highest BCUT2D eigenvalue weighted by atomic mass is 16.6. The molecule has 0 spiro atoms. The maximum Gasteiger partial charge on any atom is 0.154 e. The zero-order valence-corrected chi connectivity index (χ0v) is 7.39. The Bertz CT molecular complexity index is 285.